The van der Waals surface area contributed by atoms with Gasteiger partial charge in [-0.1, -0.05) is 0 Å². The summed E-state index contributed by atoms with van der Waals surface area (Å²) in [6.45, 7) is 2.68. The molecule has 0 aromatic carbocycles. The average molecular weight is 162 g/mol. The van der Waals surface area contributed by atoms with E-state index in [0.29, 0.717) is 0 Å². The lowest BCUT2D eigenvalue weighted by molar-refractivity contribution is -0.155. The second-order valence-corrected chi connectivity index (χ2v) is 2.55. The van der Waals surface area contributed by atoms with Crippen molar-refractivity contribution in [3.05, 3.63) is 0 Å². The zero-order chi connectivity index (χ0) is 8.85. The first-order valence-corrected chi connectivity index (χ1v) is 3.54. The topological polar surface area (TPSA) is 66.8 Å². The molecule has 4 heteroatoms. The summed E-state index contributed by atoms with van der Waals surface area (Å²) in [6, 6.07) is 0. The molecule has 0 rings (SSSR count). The van der Waals surface area contributed by atoms with Gasteiger partial charge in [0.1, 0.15) is 5.92 Å². The predicted molar refractivity (Wildman–Crippen MR) is 38.9 cm³/mol. The van der Waals surface area contributed by atoms with E-state index in [1.54, 1.807) is 13.8 Å². The normalized spacial score (nSPS) is 10.7. The third-order valence-corrected chi connectivity index (χ3v) is 1.13. The van der Waals surface area contributed by atoms with Crippen LogP contribution in [0.1, 0.15) is 13.8 Å². The Labute approximate surface area is 65.8 Å². The fourth-order valence-corrected chi connectivity index (χ4v) is 0.535. The van der Waals surface area contributed by atoms with Crippen molar-refractivity contribution in [2.45, 2.75) is 20.0 Å². The van der Waals surface area contributed by atoms with Gasteiger partial charge >= 0.3 is 5.97 Å². The molecule has 0 spiro atoms. The third-order valence-electron chi connectivity index (χ3n) is 1.13. The number of hydrogen-bond donors (Lipinski definition) is 2. The highest BCUT2D eigenvalue weighted by Gasteiger charge is 2.18. The number of rotatable bonds is 4. The van der Waals surface area contributed by atoms with Gasteiger partial charge in [-0.2, -0.15) is 0 Å². The number of aliphatic hydroxyl groups is 2. The van der Waals surface area contributed by atoms with Crippen LogP contribution in [0.2, 0.25) is 0 Å². The summed E-state index contributed by atoms with van der Waals surface area (Å²) in [4.78, 5) is 10.9. The van der Waals surface area contributed by atoms with Gasteiger partial charge in [0.05, 0.1) is 19.3 Å². The van der Waals surface area contributed by atoms with Gasteiger partial charge in [-0.15, -0.1) is 0 Å². The zero-order valence-corrected chi connectivity index (χ0v) is 6.78. The third kappa shape index (κ3) is 3.95. The molecule has 0 aromatic rings. The molecule has 0 atom stereocenters. The Hall–Kier alpha value is -0.610. The molecule has 0 aliphatic rings. The molecule has 0 heterocycles. The van der Waals surface area contributed by atoms with Crippen molar-refractivity contribution in [1.82, 2.24) is 0 Å². The van der Waals surface area contributed by atoms with Crippen LogP contribution in [-0.4, -0.2) is 35.5 Å². The minimum absolute atomic E-state index is 0.205. The maximum absolute atomic E-state index is 10.9. The van der Waals surface area contributed by atoms with E-state index in [1.807, 2.05) is 0 Å². The molecule has 0 saturated carbocycles. The van der Waals surface area contributed by atoms with E-state index >= 15 is 0 Å². The molecule has 0 fully saturated rings. The monoisotopic (exact) mass is 162 g/mol. The van der Waals surface area contributed by atoms with Crippen LogP contribution in [0.5, 0.6) is 0 Å². The summed E-state index contributed by atoms with van der Waals surface area (Å²) in [5.41, 5.74) is 0. The van der Waals surface area contributed by atoms with Crippen molar-refractivity contribution in [2.75, 3.05) is 13.2 Å². The molecule has 0 aliphatic heterocycles. The number of ether oxygens (including phenoxy) is 1. The van der Waals surface area contributed by atoms with E-state index in [1.165, 1.54) is 0 Å². The first kappa shape index (κ1) is 10.4. The van der Waals surface area contributed by atoms with Gasteiger partial charge in [-0.25, -0.2) is 0 Å². The lowest BCUT2D eigenvalue weighted by Crippen LogP contribution is -2.26. The Bertz CT molecular complexity index is 118. The summed E-state index contributed by atoms with van der Waals surface area (Å²) in [6.07, 6.45) is -0.205. The van der Waals surface area contributed by atoms with Crippen LogP contribution in [0.4, 0.5) is 0 Å². The van der Waals surface area contributed by atoms with Crippen LogP contribution in [-0.2, 0) is 9.53 Å². The highest BCUT2D eigenvalue weighted by Crippen LogP contribution is 2.00. The fraction of sp³-hybridized carbons (Fsp3) is 0.857. The second-order valence-electron chi connectivity index (χ2n) is 2.55. The number of esters is 1. The van der Waals surface area contributed by atoms with E-state index in [9.17, 15) is 4.79 Å². The quantitative estimate of drug-likeness (QED) is 0.549. The Balaban J connectivity index is 3.79. The molecular weight excluding hydrogens is 148 g/mol. The van der Waals surface area contributed by atoms with E-state index in [-0.39, 0.29) is 19.3 Å². The van der Waals surface area contributed by atoms with Gasteiger partial charge in [0.25, 0.3) is 0 Å². The summed E-state index contributed by atoms with van der Waals surface area (Å²) in [5, 5.41) is 17.1. The van der Waals surface area contributed by atoms with Crippen LogP contribution >= 0.6 is 0 Å². The lowest BCUT2D eigenvalue weighted by Gasteiger charge is -2.12. The van der Waals surface area contributed by atoms with Gasteiger partial charge in [-0.3, -0.25) is 4.79 Å². The largest absolute Gasteiger partial charge is 0.463 e. The molecule has 11 heavy (non-hydrogen) atoms. The zero-order valence-electron chi connectivity index (χ0n) is 6.78. The van der Waals surface area contributed by atoms with Gasteiger partial charge < -0.3 is 14.9 Å². The lowest BCUT2D eigenvalue weighted by atomic mass is 10.2. The molecule has 66 valence electrons. The SMILES string of the molecule is CC(C)OC(=O)C(CO)CO. The van der Waals surface area contributed by atoms with Crippen molar-refractivity contribution in [3.63, 3.8) is 0 Å². The summed E-state index contributed by atoms with van der Waals surface area (Å²) >= 11 is 0. The molecular formula is C7H14O4. The molecule has 0 aromatic heterocycles. The van der Waals surface area contributed by atoms with Crippen molar-refractivity contribution in [2.24, 2.45) is 5.92 Å². The highest BCUT2D eigenvalue weighted by molar-refractivity contribution is 5.72. The molecule has 0 radical (unpaired) electrons. The molecule has 0 saturated heterocycles. The Morgan fingerprint density at radius 2 is 1.82 bits per heavy atom. The maximum Gasteiger partial charge on any atom is 0.313 e. The van der Waals surface area contributed by atoms with Crippen molar-refractivity contribution in [1.29, 1.82) is 0 Å². The maximum atomic E-state index is 10.9. The van der Waals surface area contributed by atoms with Gasteiger partial charge in [0.2, 0.25) is 0 Å². The molecule has 0 amide bonds. The molecule has 0 bridgehead atoms. The first-order valence-electron chi connectivity index (χ1n) is 3.54. The Morgan fingerprint density at radius 3 is 2.09 bits per heavy atom. The van der Waals surface area contributed by atoms with Crippen molar-refractivity contribution in [3.8, 4) is 0 Å². The van der Waals surface area contributed by atoms with Crippen LogP contribution in [0.3, 0.4) is 0 Å². The number of hydrogen-bond acceptors (Lipinski definition) is 4. The smallest absolute Gasteiger partial charge is 0.313 e. The highest BCUT2D eigenvalue weighted by atomic mass is 16.5. The van der Waals surface area contributed by atoms with Gasteiger partial charge in [-0.05, 0) is 13.8 Å². The number of carbonyl (C=O) groups excluding carboxylic acids is 1. The second kappa shape index (κ2) is 5.09. The number of aliphatic hydroxyl groups excluding tert-OH is 2. The predicted octanol–water partition coefficient (Wildman–Crippen LogP) is -0.461. The van der Waals surface area contributed by atoms with E-state index < -0.39 is 11.9 Å². The van der Waals surface area contributed by atoms with Crippen LogP contribution < -0.4 is 0 Å². The summed E-state index contributed by atoms with van der Waals surface area (Å²) in [5.74, 6) is -1.35. The van der Waals surface area contributed by atoms with Crippen molar-refractivity contribution >= 4 is 5.97 Å². The first-order chi connectivity index (χ1) is 5.11. The number of carbonyl (C=O) groups is 1. The van der Waals surface area contributed by atoms with Crippen LogP contribution in [0.15, 0.2) is 0 Å². The Kier molecular flexibility index (Phi) is 4.81. The molecule has 4 nitrogen and oxygen atoms in total. The fourth-order valence-electron chi connectivity index (χ4n) is 0.535. The summed E-state index contributed by atoms with van der Waals surface area (Å²) in [7, 11) is 0. The molecule has 0 unspecified atom stereocenters. The minimum atomic E-state index is -0.794. The average Bonchev–Trinajstić information content (AvgIpc) is 1.88. The van der Waals surface area contributed by atoms with E-state index in [4.69, 9.17) is 14.9 Å². The van der Waals surface area contributed by atoms with Crippen LogP contribution in [0.25, 0.3) is 0 Å². The van der Waals surface area contributed by atoms with E-state index in [2.05, 4.69) is 0 Å². The molecule has 2 N–H and O–H groups in total. The Morgan fingerprint density at radius 1 is 1.36 bits per heavy atom. The standard InChI is InChI=1S/C7H14O4/c1-5(2)11-7(10)6(3-8)4-9/h5-6,8-9H,3-4H2,1-2H3. The molecule has 0 aliphatic carbocycles. The van der Waals surface area contributed by atoms with Crippen LogP contribution in [0, 0.1) is 5.92 Å². The van der Waals surface area contributed by atoms with Gasteiger partial charge in [0, 0.05) is 0 Å². The van der Waals surface area contributed by atoms with E-state index in [0.717, 1.165) is 0 Å². The summed E-state index contributed by atoms with van der Waals surface area (Å²) < 4.78 is 4.74. The minimum Gasteiger partial charge on any atom is -0.463 e. The van der Waals surface area contributed by atoms with Crippen molar-refractivity contribution < 1.29 is 19.7 Å². The van der Waals surface area contributed by atoms with Gasteiger partial charge in [0.15, 0.2) is 0 Å².